The Labute approximate surface area is 113 Å². The molecule has 0 aliphatic carbocycles. The first-order valence-corrected chi connectivity index (χ1v) is 5.92. The van der Waals surface area contributed by atoms with Crippen molar-refractivity contribution in [3.63, 3.8) is 0 Å². The van der Waals surface area contributed by atoms with Crippen molar-refractivity contribution in [1.29, 1.82) is 0 Å². The van der Waals surface area contributed by atoms with E-state index in [1.54, 1.807) is 12.1 Å². The van der Waals surface area contributed by atoms with Gasteiger partial charge in [0.1, 0.15) is 5.82 Å². The number of carbonyl (C=O) groups excluding carboxylic acids is 1. The lowest BCUT2D eigenvalue weighted by Gasteiger charge is -2.10. The van der Waals surface area contributed by atoms with Gasteiger partial charge in [0.15, 0.2) is 0 Å². The summed E-state index contributed by atoms with van der Waals surface area (Å²) in [5.74, 6) is -0.317. The third kappa shape index (κ3) is 3.68. The van der Waals surface area contributed by atoms with Gasteiger partial charge in [-0.05, 0) is 44.5 Å². The van der Waals surface area contributed by atoms with E-state index in [0.29, 0.717) is 12.5 Å². The third-order valence-electron chi connectivity index (χ3n) is 3.08. The number of benzene rings is 1. The molecular formula is C13H18ClFN2O. The van der Waals surface area contributed by atoms with Crippen LogP contribution in [0.4, 0.5) is 4.39 Å². The van der Waals surface area contributed by atoms with Crippen molar-refractivity contribution in [1.82, 2.24) is 10.6 Å². The molecule has 0 spiro atoms. The largest absolute Gasteiger partial charge is 0.352 e. The third-order valence-corrected chi connectivity index (χ3v) is 3.08. The Morgan fingerprint density at radius 3 is 3.00 bits per heavy atom. The first-order chi connectivity index (χ1) is 8.16. The fourth-order valence-electron chi connectivity index (χ4n) is 2.03. The van der Waals surface area contributed by atoms with Crippen LogP contribution in [0.1, 0.15) is 22.3 Å². The number of halogens is 2. The topological polar surface area (TPSA) is 41.1 Å². The zero-order valence-corrected chi connectivity index (χ0v) is 11.1. The Morgan fingerprint density at radius 1 is 1.56 bits per heavy atom. The van der Waals surface area contributed by atoms with Gasteiger partial charge < -0.3 is 10.6 Å². The van der Waals surface area contributed by atoms with Crippen molar-refractivity contribution in [3.8, 4) is 0 Å². The summed E-state index contributed by atoms with van der Waals surface area (Å²) in [4.78, 5) is 11.8. The number of nitrogens with one attached hydrogen (secondary N) is 2. The lowest BCUT2D eigenvalue weighted by molar-refractivity contribution is 0.0944. The Hall–Kier alpha value is -1.13. The summed E-state index contributed by atoms with van der Waals surface area (Å²) >= 11 is 0. The molecule has 1 aromatic carbocycles. The molecule has 1 fully saturated rings. The van der Waals surface area contributed by atoms with E-state index < -0.39 is 5.82 Å². The van der Waals surface area contributed by atoms with Gasteiger partial charge in [-0.3, -0.25) is 4.79 Å². The maximum absolute atomic E-state index is 13.4. The Kier molecular flexibility index (Phi) is 5.56. The van der Waals surface area contributed by atoms with Crippen LogP contribution in [-0.2, 0) is 0 Å². The van der Waals surface area contributed by atoms with Crippen LogP contribution in [0.3, 0.4) is 0 Å². The van der Waals surface area contributed by atoms with Gasteiger partial charge in [-0.1, -0.05) is 11.6 Å². The zero-order chi connectivity index (χ0) is 12.3. The predicted octanol–water partition coefficient (Wildman–Crippen LogP) is 1.90. The monoisotopic (exact) mass is 272 g/mol. The molecular weight excluding hydrogens is 255 g/mol. The van der Waals surface area contributed by atoms with E-state index >= 15 is 0 Å². The molecule has 5 heteroatoms. The molecule has 1 saturated heterocycles. The second-order valence-electron chi connectivity index (χ2n) is 4.55. The first-order valence-electron chi connectivity index (χ1n) is 5.92. The molecule has 1 aromatic rings. The van der Waals surface area contributed by atoms with Crippen LogP contribution in [-0.4, -0.2) is 25.5 Å². The zero-order valence-electron chi connectivity index (χ0n) is 10.3. The molecule has 2 N–H and O–H groups in total. The van der Waals surface area contributed by atoms with Crippen LogP contribution in [0.25, 0.3) is 0 Å². The van der Waals surface area contributed by atoms with E-state index in [-0.39, 0.29) is 23.9 Å². The molecule has 0 aromatic heterocycles. The Balaban J connectivity index is 0.00000162. The molecule has 1 aliphatic heterocycles. The number of hydrogen-bond acceptors (Lipinski definition) is 2. The van der Waals surface area contributed by atoms with Gasteiger partial charge >= 0.3 is 0 Å². The molecule has 1 amide bonds. The molecule has 3 nitrogen and oxygen atoms in total. The van der Waals surface area contributed by atoms with Crippen molar-refractivity contribution in [2.45, 2.75) is 13.3 Å². The average molecular weight is 273 g/mol. The molecule has 1 unspecified atom stereocenters. The van der Waals surface area contributed by atoms with Crippen LogP contribution >= 0.6 is 12.4 Å². The smallest absolute Gasteiger partial charge is 0.254 e. The van der Waals surface area contributed by atoms with Gasteiger partial charge in [-0.2, -0.15) is 0 Å². The molecule has 2 rings (SSSR count). The van der Waals surface area contributed by atoms with Crippen LogP contribution in [0, 0.1) is 18.7 Å². The number of aryl methyl sites for hydroxylation is 1. The fourth-order valence-corrected chi connectivity index (χ4v) is 2.03. The predicted molar refractivity (Wildman–Crippen MR) is 71.7 cm³/mol. The van der Waals surface area contributed by atoms with E-state index in [2.05, 4.69) is 10.6 Å². The molecule has 1 aliphatic rings. The molecule has 0 radical (unpaired) electrons. The maximum Gasteiger partial charge on any atom is 0.254 e. The molecule has 1 heterocycles. The van der Waals surface area contributed by atoms with Crippen molar-refractivity contribution in [2.24, 2.45) is 5.92 Å². The average Bonchev–Trinajstić information content (AvgIpc) is 2.82. The standard InChI is InChI=1S/C13H17FN2O.ClH/c1-9-2-3-12(14)11(6-9)13(17)16-8-10-4-5-15-7-10;/h2-3,6,10,15H,4-5,7-8H2,1H3,(H,16,17);1H. The minimum atomic E-state index is -0.461. The maximum atomic E-state index is 13.4. The van der Waals surface area contributed by atoms with E-state index in [4.69, 9.17) is 0 Å². The summed E-state index contributed by atoms with van der Waals surface area (Å²) in [6.07, 6.45) is 1.07. The van der Waals surface area contributed by atoms with Crippen molar-refractivity contribution in [2.75, 3.05) is 19.6 Å². The number of carbonyl (C=O) groups is 1. The second-order valence-corrected chi connectivity index (χ2v) is 4.55. The minimum Gasteiger partial charge on any atom is -0.352 e. The van der Waals surface area contributed by atoms with Crippen LogP contribution in [0.2, 0.25) is 0 Å². The second kappa shape index (κ2) is 6.71. The normalized spacial score (nSPS) is 18.2. The van der Waals surface area contributed by atoms with Crippen molar-refractivity contribution >= 4 is 18.3 Å². The van der Waals surface area contributed by atoms with E-state index in [1.807, 2.05) is 6.92 Å². The van der Waals surface area contributed by atoms with Crippen molar-refractivity contribution in [3.05, 3.63) is 35.1 Å². The minimum absolute atomic E-state index is 0. The molecule has 18 heavy (non-hydrogen) atoms. The van der Waals surface area contributed by atoms with Crippen LogP contribution in [0.5, 0.6) is 0 Å². The van der Waals surface area contributed by atoms with Crippen LogP contribution < -0.4 is 10.6 Å². The fraction of sp³-hybridized carbons (Fsp3) is 0.462. The highest BCUT2D eigenvalue weighted by Gasteiger charge is 2.17. The summed E-state index contributed by atoms with van der Waals surface area (Å²) in [6, 6.07) is 4.58. The lowest BCUT2D eigenvalue weighted by atomic mass is 10.1. The molecule has 100 valence electrons. The number of amides is 1. The highest BCUT2D eigenvalue weighted by atomic mass is 35.5. The Bertz CT molecular complexity index is 419. The summed E-state index contributed by atoms with van der Waals surface area (Å²) in [6.45, 7) is 4.38. The number of rotatable bonds is 3. The van der Waals surface area contributed by atoms with Gasteiger partial charge in [-0.25, -0.2) is 4.39 Å². The van der Waals surface area contributed by atoms with E-state index in [9.17, 15) is 9.18 Å². The summed E-state index contributed by atoms with van der Waals surface area (Å²) < 4.78 is 13.4. The molecule has 0 bridgehead atoms. The van der Waals surface area contributed by atoms with Gasteiger partial charge in [-0.15, -0.1) is 12.4 Å². The SMILES string of the molecule is Cc1ccc(F)c(C(=O)NCC2CCNC2)c1.Cl. The highest BCUT2D eigenvalue weighted by molar-refractivity contribution is 5.94. The highest BCUT2D eigenvalue weighted by Crippen LogP contribution is 2.11. The van der Waals surface area contributed by atoms with Gasteiger partial charge in [0.05, 0.1) is 5.56 Å². The molecule has 0 saturated carbocycles. The van der Waals surface area contributed by atoms with Gasteiger partial charge in [0.25, 0.3) is 5.91 Å². The van der Waals surface area contributed by atoms with Gasteiger partial charge in [0, 0.05) is 6.54 Å². The molecule has 1 atom stereocenters. The quantitative estimate of drug-likeness (QED) is 0.882. The van der Waals surface area contributed by atoms with Crippen LogP contribution in [0.15, 0.2) is 18.2 Å². The number of hydrogen-bond donors (Lipinski definition) is 2. The Morgan fingerprint density at radius 2 is 2.33 bits per heavy atom. The van der Waals surface area contributed by atoms with E-state index in [0.717, 1.165) is 25.1 Å². The van der Waals surface area contributed by atoms with Crippen molar-refractivity contribution < 1.29 is 9.18 Å². The first kappa shape index (κ1) is 14.9. The summed E-state index contributed by atoms with van der Waals surface area (Å²) in [5.41, 5.74) is 1.02. The van der Waals surface area contributed by atoms with Gasteiger partial charge in [0.2, 0.25) is 0 Å². The lowest BCUT2D eigenvalue weighted by Crippen LogP contribution is -2.30. The summed E-state index contributed by atoms with van der Waals surface area (Å²) in [7, 11) is 0. The van der Waals surface area contributed by atoms with E-state index in [1.165, 1.54) is 6.07 Å². The summed E-state index contributed by atoms with van der Waals surface area (Å²) in [5, 5.41) is 6.02.